The fraction of sp³-hybridized carbons (Fsp3) is 0.600. The fourth-order valence-electron chi connectivity index (χ4n) is 1.94. The van der Waals surface area contributed by atoms with Crippen LogP contribution in [0.25, 0.3) is 0 Å². The first kappa shape index (κ1) is 11.3. The summed E-state index contributed by atoms with van der Waals surface area (Å²) in [4.78, 5) is 10.7. The molecule has 0 saturated carbocycles. The van der Waals surface area contributed by atoms with E-state index in [-0.39, 0.29) is 17.5 Å². The van der Waals surface area contributed by atoms with E-state index in [9.17, 15) is 13.2 Å². The van der Waals surface area contributed by atoms with Crippen LogP contribution in [-0.2, 0) is 9.84 Å². The van der Waals surface area contributed by atoms with E-state index in [0.29, 0.717) is 24.1 Å². The molecule has 0 N–H and O–H groups in total. The number of aromatic nitrogens is 2. The highest BCUT2D eigenvalue weighted by molar-refractivity contribution is 7.91. The molecule has 88 valence electrons. The lowest BCUT2D eigenvalue weighted by atomic mass is 10.2. The highest BCUT2D eigenvalue weighted by Gasteiger charge is 2.25. The van der Waals surface area contributed by atoms with Crippen molar-refractivity contribution in [3.63, 3.8) is 0 Å². The molecule has 16 heavy (non-hydrogen) atoms. The number of hydrogen-bond donors (Lipinski definition) is 0. The molecule has 0 unspecified atom stereocenters. The quantitative estimate of drug-likeness (QED) is 0.718. The zero-order valence-electron chi connectivity index (χ0n) is 9.09. The highest BCUT2D eigenvalue weighted by atomic mass is 32.2. The van der Waals surface area contributed by atoms with Gasteiger partial charge in [0.25, 0.3) is 0 Å². The molecular formula is C10H14N2O3S. The number of hydrogen-bond acceptors (Lipinski definition) is 4. The average Bonchev–Trinajstić information content (AvgIpc) is 2.59. The van der Waals surface area contributed by atoms with Gasteiger partial charge in [0, 0.05) is 6.20 Å². The van der Waals surface area contributed by atoms with Crippen LogP contribution in [0.3, 0.4) is 0 Å². The maximum atomic E-state index is 11.3. The van der Waals surface area contributed by atoms with Crippen molar-refractivity contribution in [1.82, 2.24) is 9.78 Å². The van der Waals surface area contributed by atoms with Gasteiger partial charge in [-0.3, -0.25) is 9.48 Å². The Hall–Kier alpha value is -1.17. The minimum absolute atomic E-state index is 0.107. The molecule has 1 aliphatic heterocycles. The van der Waals surface area contributed by atoms with Crippen molar-refractivity contribution in [2.24, 2.45) is 0 Å². The molecule has 1 fully saturated rings. The van der Waals surface area contributed by atoms with Gasteiger partial charge in [0.15, 0.2) is 6.29 Å². The maximum Gasteiger partial charge on any atom is 0.153 e. The van der Waals surface area contributed by atoms with Crippen LogP contribution in [0.15, 0.2) is 6.20 Å². The van der Waals surface area contributed by atoms with E-state index in [1.807, 2.05) is 0 Å². The predicted molar refractivity (Wildman–Crippen MR) is 59.3 cm³/mol. The molecule has 1 saturated heterocycles. The molecule has 2 heterocycles. The molecule has 5 nitrogen and oxygen atoms in total. The van der Waals surface area contributed by atoms with Crippen LogP contribution in [0, 0.1) is 6.92 Å². The van der Waals surface area contributed by atoms with E-state index in [1.54, 1.807) is 17.8 Å². The molecule has 0 spiro atoms. The largest absolute Gasteiger partial charge is 0.298 e. The van der Waals surface area contributed by atoms with Gasteiger partial charge in [-0.2, -0.15) is 5.10 Å². The number of carbonyl (C=O) groups excluding carboxylic acids is 1. The molecular weight excluding hydrogens is 228 g/mol. The summed E-state index contributed by atoms with van der Waals surface area (Å²) in [5, 5.41) is 4.24. The molecule has 0 aliphatic carbocycles. The molecule has 6 heteroatoms. The standard InChI is InChI=1S/C10H14N2O3S/c1-8-9(7-13)6-12(11-8)10-2-4-16(14,15)5-3-10/h6-7,10H,2-5H2,1H3. The first-order valence-electron chi connectivity index (χ1n) is 5.23. The van der Waals surface area contributed by atoms with Crippen LogP contribution in [0.1, 0.15) is 34.9 Å². The van der Waals surface area contributed by atoms with Crippen LogP contribution in [-0.4, -0.2) is 36.0 Å². The van der Waals surface area contributed by atoms with Gasteiger partial charge in [0.05, 0.1) is 28.8 Å². The van der Waals surface area contributed by atoms with Gasteiger partial charge in [-0.25, -0.2) is 8.42 Å². The Labute approximate surface area is 94.4 Å². The number of aryl methyl sites for hydroxylation is 1. The van der Waals surface area contributed by atoms with Crippen molar-refractivity contribution in [2.45, 2.75) is 25.8 Å². The Morgan fingerprint density at radius 2 is 2.06 bits per heavy atom. The van der Waals surface area contributed by atoms with E-state index < -0.39 is 9.84 Å². The van der Waals surface area contributed by atoms with Gasteiger partial charge in [0.2, 0.25) is 0 Å². The van der Waals surface area contributed by atoms with Crippen molar-refractivity contribution in [1.29, 1.82) is 0 Å². The number of aldehydes is 1. The third kappa shape index (κ3) is 2.16. The molecule has 1 aromatic heterocycles. The van der Waals surface area contributed by atoms with E-state index in [2.05, 4.69) is 5.10 Å². The zero-order valence-corrected chi connectivity index (χ0v) is 9.90. The molecule has 0 bridgehead atoms. The summed E-state index contributed by atoms with van der Waals surface area (Å²) in [6.07, 6.45) is 3.65. The second-order valence-electron chi connectivity index (χ2n) is 4.15. The lowest BCUT2D eigenvalue weighted by Gasteiger charge is -2.22. The minimum atomic E-state index is -2.84. The molecule has 2 rings (SSSR count). The second kappa shape index (κ2) is 4.01. The molecule has 1 aromatic rings. The third-order valence-corrected chi connectivity index (χ3v) is 4.70. The first-order chi connectivity index (χ1) is 7.52. The van der Waals surface area contributed by atoms with Crippen molar-refractivity contribution < 1.29 is 13.2 Å². The van der Waals surface area contributed by atoms with Crippen molar-refractivity contribution in [3.05, 3.63) is 17.5 Å². The first-order valence-corrected chi connectivity index (χ1v) is 7.05. The van der Waals surface area contributed by atoms with Crippen LogP contribution in [0.2, 0.25) is 0 Å². The minimum Gasteiger partial charge on any atom is -0.298 e. The molecule has 1 aliphatic rings. The van der Waals surface area contributed by atoms with Crippen molar-refractivity contribution in [2.75, 3.05) is 11.5 Å². The normalized spacial score (nSPS) is 20.8. The van der Waals surface area contributed by atoms with E-state index >= 15 is 0 Å². The van der Waals surface area contributed by atoms with Gasteiger partial charge in [-0.15, -0.1) is 0 Å². The lowest BCUT2D eigenvalue weighted by molar-refractivity contribution is 0.112. The Bertz CT molecular complexity index is 490. The predicted octanol–water partition coefficient (Wildman–Crippen LogP) is 0.754. The summed E-state index contributed by atoms with van der Waals surface area (Å²) in [5.41, 5.74) is 1.27. The second-order valence-corrected chi connectivity index (χ2v) is 6.45. The van der Waals surface area contributed by atoms with Crippen LogP contribution in [0.4, 0.5) is 0 Å². The van der Waals surface area contributed by atoms with Crippen molar-refractivity contribution in [3.8, 4) is 0 Å². The fourth-order valence-corrected chi connectivity index (χ4v) is 3.41. The maximum absolute atomic E-state index is 11.3. The Morgan fingerprint density at radius 1 is 1.44 bits per heavy atom. The van der Waals surface area contributed by atoms with E-state index in [0.717, 1.165) is 6.29 Å². The number of nitrogens with zero attached hydrogens (tertiary/aromatic N) is 2. The van der Waals surface area contributed by atoms with Gasteiger partial charge in [0.1, 0.15) is 9.84 Å². The Kier molecular flexibility index (Phi) is 2.84. The number of carbonyl (C=O) groups is 1. The SMILES string of the molecule is Cc1nn(C2CCS(=O)(=O)CC2)cc1C=O. The van der Waals surface area contributed by atoms with E-state index in [1.165, 1.54) is 0 Å². The van der Waals surface area contributed by atoms with Gasteiger partial charge < -0.3 is 0 Å². The molecule has 0 aromatic carbocycles. The lowest BCUT2D eigenvalue weighted by Crippen LogP contribution is -2.25. The smallest absolute Gasteiger partial charge is 0.153 e. The van der Waals surface area contributed by atoms with Gasteiger partial charge >= 0.3 is 0 Å². The number of rotatable bonds is 2. The monoisotopic (exact) mass is 242 g/mol. The number of sulfone groups is 1. The topological polar surface area (TPSA) is 69.0 Å². The van der Waals surface area contributed by atoms with Gasteiger partial charge in [-0.1, -0.05) is 0 Å². The summed E-state index contributed by atoms with van der Waals surface area (Å²) in [7, 11) is -2.84. The molecule has 0 amide bonds. The summed E-state index contributed by atoms with van der Waals surface area (Å²) >= 11 is 0. The summed E-state index contributed by atoms with van der Waals surface area (Å²) in [5.74, 6) is 0.431. The Morgan fingerprint density at radius 3 is 2.56 bits per heavy atom. The highest BCUT2D eigenvalue weighted by Crippen LogP contribution is 2.23. The van der Waals surface area contributed by atoms with Crippen LogP contribution >= 0.6 is 0 Å². The Balaban J connectivity index is 2.17. The molecule has 0 atom stereocenters. The van der Waals surface area contributed by atoms with Crippen LogP contribution < -0.4 is 0 Å². The van der Waals surface area contributed by atoms with Crippen molar-refractivity contribution >= 4 is 16.1 Å². The average molecular weight is 242 g/mol. The van der Waals surface area contributed by atoms with E-state index in [4.69, 9.17) is 0 Å². The summed E-state index contributed by atoms with van der Waals surface area (Å²) < 4.78 is 24.3. The summed E-state index contributed by atoms with van der Waals surface area (Å²) in [6.45, 7) is 1.78. The summed E-state index contributed by atoms with van der Waals surface area (Å²) in [6, 6.07) is 0.107. The van der Waals surface area contributed by atoms with Crippen LogP contribution in [0.5, 0.6) is 0 Å². The third-order valence-electron chi connectivity index (χ3n) is 2.98. The van der Waals surface area contributed by atoms with Gasteiger partial charge in [-0.05, 0) is 19.8 Å². The molecule has 0 radical (unpaired) electrons. The zero-order chi connectivity index (χ0) is 11.8.